The first-order valence-corrected chi connectivity index (χ1v) is 6.53. The van der Waals surface area contributed by atoms with Crippen molar-refractivity contribution in [2.75, 3.05) is 10.6 Å². The lowest BCUT2D eigenvalue weighted by molar-refractivity contribution is -0.384. The van der Waals surface area contributed by atoms with Gasteiger partial charge < -0.3 is 10.6 Å². The van der Waals surface area contributed by atoms with Crippen LogP contribution in [0.3, 0.4) is 0 Å². The number of anilines is 2. The number of hydrogen-bond donors (Lipinski definition) is 1. The van der Waals surface area contributed by atoms with Gasteiger partial charge in [-0.15, -0.1) is 0 Å². The molecule has 0 radical (unpaired) electrons. The van der Waals surface area contributed by atoms with Gasteiger partial charge in [-0.1, -0.05) is 23.8 Å². The van der Waals surface area contributed by atoms with Gasteiger partial charge in [-0.05, 0) is 24.1 Å². The average Bonchev–Trinajstić information content (AvgIpc) is 2.83. The summed E-state index contributed by atoms with van der Waals surface area (Å²) in [4.78, 5) is 11.9. The van der Waals surface area contributed by atoms with Crippen LogP contribution in [-0.2, 0) is 13.1 Å². The van der Waals surface area contributed by atoms with Crippen LogP contribution in [0.5, 0.6) is 0 Å². The Bertz CT molecular complexity index is 746. The standard InChI is InChI=1S/C15H14FN3O2/c1-9-2-3-10-7-18(8-11(10)6-9)12-4-5-13(19(20)21)15(17)14(12)16/h2-6H,7-8,17H2,1H3. The monoisotopic (exact) mass is 287 g/mol. The Morgan fingerprint density at radius 3 is 2.67 bits per heavy atom. The van der Waals surface area contributed by atoms with Crippen molar-refractivity contribution in [3.63, 3.8) is 0 Å². The second-order valence-electron chi connectivity index (χ2n) is 5.22. The highest BCUT2D eigenvalue weighted by Gasteiger charge is 2.25. The van der Waals surface area contributed by atoms with Gasteiger partial charge in [0.15, 0.2) is 5.82 Å². The van der Waals surface area contributed by atoms with E-state index in [1.807, 2.05) is 24.0 Å². The van der Waals surface area contributed by atoms with Crippen molar-refractivity contribution < 1.29 is 9.31 Å². The van der Waals surface area contributed by atoms with Crippen molar-refractivity contribution in [3.8, 4) is 0 Å². The molecule has 0 aromatic heterocycles. The molecule has 5 nitrogen and oxygen atoms in total. The molecule has 0 aliphatic carbocycles. The van der Waals surface area contributed by atoms with Crippen LogP contribution >= 0.6 is 0 Å². The van der Waals surface area contributed by atoms with Gasteiger partial charge >= 0.3 is 0 Å². The van der Waals surface area contributed by atoms with E-state index in [9.17, 15) is 14.5 Å². The smallest absolute Gasteiger partial charge is 0.295 e. The first kappa shape index (κ1) is 13.4. The lowest BCUT2D eigenvalue weighted by Crippen LogP contribution is -2.17. The third-order valence-electron chi connectivity index (χ3n) is 3.76. The van der Waals surface area contributed by atoms with Gasteiger partial charge in [-0.25, -0.2) is 4.39 Å². The van der Waals surface area contributed by atoms with Crippen LogP contribution in [0.4, 0.5) is 21.5 Å². The number of fused-ring (bicyclic) bond motifs is 1. The molecule has 0 amide bonds. The predicted molar refractivity (Wildman–Crippen MR) is 78.5 cm³/mol. The number of nitro benzene ring substituents is 1. The van der Waals surface area contributed by atoms with E-state index in [2.05, 4.69) is 6.07 Å². The van der Waals surface area contributed by atoms with E-state index in [-0.39, 0.29) is 0 Å². The lowest BCUT2D eigenvalue weighted by Gasteiger charge is -2.19. The van der Waals surface area contributed by atoms with Gasteiger partial charge in [0.2, 0.25) is 0 Å². The average molecular weight is 287 g/mol. The van der Waals surface area contributed by atoms with E-state index < -0.39 is 22.1 Å². The van der Waals surface area contributed by atoms with Gasteiger partial charge in [-0.2, -0.15) is 0 Å². The molecule has 108 valence electrons. The molecule has 3 rings (SSSR count). The third kappa shape index (κ3) is 2.18. The number of hydrogen-bond acceptors (Lipinski definition) is 4. The number of nitro groups is 1. The molecular weight excluding hydrogens is 273 g/mol. The van der Waals surface area contributed by atoms with Gasteiger partial charge in [0.25, 0.3) is 5.69 Å². The first-order chi connectivity index (χ1) is 9.97. The molecule has 0 saturated carbocycles. The summed E-state index contributed by atoms with van der Waals surface area (Å²) in [5.74, 6) is -0.728. The summed E-state index contributed by atoms with van der Waals surface area (Å²) in [7, 11) is 0. The van der Waals surface area contributed by atoms with E-state index in [0.29, 0.717) is 18.8 Å². The molecule has 2 aromatic rings. The molecule has 1 heterocycles. The van der Waals surface area contributed by atoms with Crippen LogP contribution in [0.2, 0.25) is 0 Å². The van der Waals surface area contributed by atoms with Crippen LogP contribution in [0.1, 0.15) is 16.7 Å². The Hall–Kier alpha value is -2.63. The quantitative estimate of drug-likeness (QED) is 0.523. The van der Waals surface area contributed by atoms with Crippen molar-refractivity contribution in [1.29, 1.82) is 0 Å². The number of nitrogens with two attached hydrogens (primary N) is 1. The minimum absolute atomic E-state index is 0.298. The second kappa shape index (κ2) is 4.73. The van der Waals surface area contributed by atoms with Crippen LogP contribution in [0, 0.1) is 22.9 Å². The van der Waals surface area contributed by atoms with E-state index in [4.69, 9.17) is 5.73 Å². The van der Waals surface area contributed by atoms with Crippen molar-refractivity contribution in [2.45, 2.75) is 20.0 Å². The maximum atomic E-state index is 14.3. The summed E-state index contributed by atoms with van der Waals surface area (Å²) >= 11 is 0. The van der Waals surface area contributed by atoms with Gasteiger partial charge in [0.1, 0.15) is 5.69 Å². The Morgan fingerprint density at radius 2 is 1.95 bits per heavy atom. The maximum Gasteiger partial charge on any atom is 0.295 e. The van der Waals surface area contributed by atoms with Crippen molar-refractivity contribution >= 4 is 17.1 Å². The molecule has 0 unspecified atom stereocenters. The fourth-order valence-corrected chi connectivity index (χ4v) is 2.67. The summed E-state index contributed by atoms with van der Waals surface area (Å²) in [6.07, 6.45) is 0. The van der Waals surface area contributed by atoms with Gasteiger partial charge in [0, 0.05) is 19.2 Å². The molecule has 0 saturated heterocycles. The van der Waals surface area contributed by atoms with Gasteiger partial charge in [-0.3, -0.25) is 10.1 Å². The maximum absolute atomic E-state index is 14.3. The second-order valence-corrected chi connectivity index (χ2v) is 5.22. The molecule has 1 aliphatic rings. The highest BCUT2D eigenvalue weighted by molar-refractivity contribution is 5.69. The normalized spacial score (nSPS) is 13.3. The Kier molecular flexibility index (Phi) is 3.01. The first-order valence-electron chi connectivity index (χ1n) is 6.53. The summed E-state index contributed by atoms with van der Waals surface area (Å²) in [5.41, 5.74) is 8.46. The summed E-state index contributed by atoms with van der Waals surface area (Å²) in [6.45, 7) is 3.16. The van der Waals surface area contributed by atoms with E-state index in [0.717, 1.165) is 16.7 Å². The zero-order valence-corrected chi connectivity index (χ0v) is 11.5. The Morgan fingerprint density at radius 1 is 1.24 bits per heavy atom. The van der Waals surface area contributed by atoms with Crippen molar-refractivity contribution in [3.05, 3.63) is 63.0 Å². The number of benzene rings is 2. The minimum atomic E-state index is -0.728. The van der Waals surface area contributed by atoms with E-state index in [1.165, 1.54) is 12.1 Å². The zero-order chi connectivity index (χ0) is 15.1. The summed E-state index contributed by atoms with van der Waals surface area (Å²) < 4.78 is 14.3. The minimum Gasteiger partial charge on any atom is -0.391 e. The van der Waals surface area contributed by atoms with Crippen molar-refractivity contribution in [1.82, 2.24) is 0 Å². The Balaban J connectivity index is 1.97. The number of halogens is 1. The lowest BCUT2D eigenvalue weighted by atomic mass is 10.1. The van der Waals surface area contributed by atoms with Crippen LogP contribution < -0.4 is 10.6 Å². The molecular formula is C15H14FN3O2. The molecule has 0 spiro atoms. The predicted octanol–water partition coefficient (Wildman–Crippen LogP) is 3.14. The zero-order valence-electron chi connectivity index (χ0n) is 11.5. The number of nitrogen functional groups attached to an aromatic ring is 1. The van der Waals surface area contributed by atoms with E-state index in [1.54, 1.807) is 0 Å². The van der Waals surface area contributed by atoms with Crippen LogP contribution in [-0.4, -0.2) is 4.92 Å². The molecule has 21 heavy (non-hydrogen) atoms. The molecule has 6 heteroatoms. The van der Waals surface area contributed by atoms with Crippen LogP contribution in [0.15, 0.2) is 30.3 Å². The summed E-state index contributed by atoms with van der Waals surface area (Å²) in [5, 5.41) is 10.8. The molecule has 0 bridgehead atoms. The SMILES string of the molecule is Cc1ccc2c(c1)CN(c1ccc([N+](=O)[O-])c(N)c1F)C2. The number of rotatable bonds is 2. The summed E-state index contributed by atoms with van der Waals surface area (Å²) in [6, 6.07) is 8.78. The molecule has 0 fully saturated rings. The molecule has 1 aliphatic heterocycles. The number of aryl methyl sites for hydroxylation is 1. The fourth-order valence-electron chi connectivity index (χ4n) is 2.67. The highest BCUT2D eigenvalue weighted by Crippen LogP contribution is 2.36. The molecule has 2 N–H and O–H groups in total. The highest BCUT2D eigenvalue weighted by atomic mass is 19.1. The Labute approximate surface area is 120 Å². The fraction of sp³-hybridized carbons (Fsp3) is 0.200. The molecule has 0 atom stereocenters. The third-order valence-corrected chi connectivity index (χ3v) is 3.76. The largest absolute Gasteiger partial charge is 0.391 e. The number of nitrogens with zero attached hydrogens (tertiary/aromatic N) is 2. The van der Waals surface area contributed by atoms with Crippen LogP contribution in [0.25, 0.3) is 0 Å². The van der Waals surface area contributed by atoms with Crippen molar-refractivity contribution in [2.24, 2.45) is 0 Å². The topological polar surface area (TPSA) is 72.4 Å². The van der Waals surface area contributed by atoms with E-state index >= 15 is 0 Å². The molecule has 2 aromatic carbocycles. The van der Waals surface area contributed by atoms with Gasteiger partial charge in [0.05, 0.1) is 10.6 Å².